The molecule has 0 aliphatic heterocycles. The van der Waals surface area contributed by atoms with E-state index in [1.807, 2.05) is 0 Å². The average molecular weight is 267 g/mol. The van der Waals surface area contributed by atoms with E-state index in [0.717, 1.165) is 6.08 Å². The molecule has 0 unspecified atom stereocenters. The van der Waals surface area contributed by atoms with Gasteiger partial charge in [-0.05, 0) is 19.1 Å². The molecule has 1 aromatic rings. The summed E-state index contributed by atoms with van der Waals surface area (Å²) in [6.45, 7) is 1.25. The van der Waals surface area contributed by atoms with Gasteiger partial charge in [-0.2, -0.15) is 0 Å². The summed E-state index contributed by atoms with van der Waals surface area (Å²) in [5.41, 5.74) is 0.210. The van der Waals surface area contributed by atoms with E-state index >= 15 is 0 Å². The molecule has 0 saturated carbocycles. The van der Waals surface area contributed by atoms with Gasteiger partial charge in [0.25, 0.3) is 0 Å². The van der Waals surface area contributed by atoms with Crippen LogP contribution < -0.4 is 5.32 Å². The van der Waals surface area contributed by atoms with E-state index < -0.39 is 29.8 Å². The predicted octanol–water partition coefficient (Wildman–Crippen LogP) is 0.789. The van der Waals surface area contributed by atoms with Crippen LogP contribution in [0.5, 0.6) is 0 Å². The van der Waals surface area contributed by atoms with Crippen molar-refractivity contribution >= 4 is 18.0 Å². The molecule has 1 rings (SSSR count). The van der Waals surface area contributed by atoms with Crippen molar-refractivity contribution in [3.8, 4) is 0 Å². The number of amides is 1. The lowest BCUT2D eigenvalue weighted by molar-refractivity contribution is -0.144. The van der Waals surface area contributed by atoms with Gasteiger partial charge in [0.15, 0.2) is 6.04 Å². The van der Waals surface area contributed by atoms with Gasteiger partial charge in [0.05, 0.1) is 6.10 Å². The van der Waals surface area contributed by atoms with Crippen LogP contribution in [0, 0.1) is 5.82 Å². The minimum absolute atomic E-state index is 0.210. The maximum Gasteiger partial charge on any atom is 0.328 e. The molecule has 102 valence electrons. The second-order valence-corrected chi connectivity index (χ2v) is 3.92. The third kappa shape index (κ3) is 4.51. The zero-order valence-corrected chi connectivity index (χ0v) is 10.2. The lowest BCUT2D eigenvalue weighted by Gasteiger charge is -2.15. The van der Waals surface area contributed by atoms with Crippen LogP contribution in [-0.4, -0.2) is 34.2 Å². The molecule has 0 aliphatic rings. The van der Waals surface area contributed by atoms with E-state index in [9.17, 15) is 19.1 Å². The lowest BCUT2D eigenvalue weighted by atomic mass is 10.1. The van der Waals surface area contributed by atoms with Crippen molar-refractivity contribution in [2.24, 2.45) is 0 Å². The molecule has 0 aromatic heterocycles. The summed E-state index contributed by atoms with van der Waals surface area (Å²) < 4.78 is 13.2. The largest absolute Gasteiger partial charge is 0.480 e. The van der Waals surface area contributed by atoms with Gasteiger partial charge in [-0.15, -0.1) is 0 Å². The molecule has 0 bridgehead atoms. The van der Waals surface area contributed by atoms with Gasteiger partial charge in [-0.3, -0.25) is 4.79 Å². The normalized spacial score (nSPS) is 14.1. The van der Waals surface area contributed by atoms with Gasteiger partial charge >= 0.3 is 5.97 Å². The van der Waals surface area contributed by atoms with Crippen molar-refractivity contribution in [3.05, 3.63) is 41.7 Å². The number of rotatable bonds is 5. The molecule has 6 heteroatoms. The van der Waals surface area contributed by atoms with Crippen molar-refractivity contribution < 1.29 is 24.2 Å². The van der Waals surface area contributed by atoms with Crippen LogP contribution in [0.2, 0.25) is 0 Å². The van der Waals surface area contributed by atoms with Crippen molar-refractivity contribution in [1.82, 2.24) is 5.32 Å². The summed E-state index contributed by atoms with van der Waals surface area (Å²) in [7, 11) is 0. The van der Waals surface area contributed by atoms with Crippen molar-refractivity contribution in [1.29, 1.82) is 0 Å². The number of carboxylic acid groups (broad SMARTS) is 1. The summed E-state index contributed by atoms with van der Waals surface area (Å²) in [5, 5.41) is 20.1. The Bertz CT molecular complexity index is 499. The van der Waals surface area contributed by atoms with Crippen LogP contribution in [0.4, 0.5) is 4.39 Å². The number of nitrogens with one attached hydrogen (secondary N) is 1. The fraction of sp³-hybridized carbons (Fsp3) is 0.231. The molecule has 0 aliphatic carbocycles. The summed E-state index contributed by atoms with van der Waals surface area (Å²) in [6, 6.07) is 4.44. The molecular weight excluding hydrogens is 253 g/mol. The maximum absolute atomic E-state index is 13.2. The monoisotopic (exact) mass is 267 g/mol. The molecule has 0 fully saturated rings. The molecule has 0 heterocycles. The van der Waals surface area contributed by atoms with Crippen LogP contribution in [0.25, 0.3) is 6.08 Å². The molecule has 0 saturated heterocycles. The SMILES string of the molecule is C[C@@H](O)[C@H](NC(=O)/C=C/c1ccccc1F)C(=O)O. The number of carboxylic acids is 1. The zero-order valence-electron chi connectivity index (χ0n) is 10.2. The quantitative estimate of drug-likeness (QED) is 0.688. The third-order valence-electron chi connectivity index (χ3n) is 2.37. The number of carbonyl (C=O) groups is 2. The first-order valence-corrected chi connectivity index (χ1v) is 5.56. The number of hydrogen-bond acceptors (Lipinski definition) is 3. The predicted molar refractivity (Wildman–Crippen MR) is 66.7 cm³/mol. The molecule has 0 radical (unpaired) electrons. The van der Waals surface area contributed by atoms with Crippen LogP contribution in [0.15, 0.2) is 30.3 Å². The van der Waals surface area contributed by atoms with E-state index in [1.54, 1.807) is 6.07 Å². The van der Waals surface area contributed by atoms with Gasteiger partial charge in [-0.1, -0.05) is 18.2 Å². The number of benzene rings is 1. The van der Waals surface area contributed by atoms with Gasteiger partial charge in [0, 0.05) is 11.6 Å². The molecule has 3 N–H and O–H groups in total. The van der Waals surface area contributed by atoms with Gasteiger partial charge in [0.1, 0.15) is 5.82 Å². The zero-order chi connectivity index (χ0) is 14.4. The highest BCUT2D eigenvalue weighted by molar-refractivity contribution is 5.94. The van der Waals surface area contributed by atoms with Crippen molar-refractivity contribution in [2.45, 2.75) is 19.1 Å². The Kier molecular flexibility index (Phi) is 5.20. The van der Waals surface area contributed by atoms with E-state index in [4.69, 9.17) is 5.11 Å². The number of aliphatic carboxylic acids is 1. The topological polar surface area (TPSA) is 86.6 Å². The smallest absolute Gasteiger partial charge is 0.328 e. The second kappa shape index (κ2) is 6.65. The highest BCUT2D eigenvalue weighted by atomic mass is 19.1. The minimum Gasteiger partial charge on any atom is -0.480 e. The van der Waals surface area contributed by atoms with Crippen molar-refractivity contribution in [2.75, 3.05) is 0 Å². The van der Waals surface area contributed by atoms with Crippen molar-refractivity contribution in [3.63, 3.8) is 0 Å². The Hall–Kier alpha value is -2.21. The number of hydrogen-bond donors (Lipinski definition) is 3. The fourth-order valence-corrected chi connectivity index (χ4v) is 1.37. The highest BCUT2D eigenvalue weighted by Crippen LogP contribution is 2.07. The first-order valence-electron chi connectivity index (χ1n) is 5.56. The standard InChI is InChI=1S/C13H14FNO4/c1-8(16)12(13(18)19)15-11(17)7-6-9-4-2-3-5-10(9)14/h2-8,12,16H,1H3,(H,15,17)(H,18,19)/b7-6+/t8-,12+/m1/s1. The Labute approximate surface area is 109 Å². The Morgan fingerprint density at radius 1 is 1.37 bits per heavy atom. The molecule has 1 aromatic carbocycles. The fourth-order valence-electron chi connectivity index (χ4n) is 1.37. The lowest BCUT2D eigenvalue weighted by Crippen LogP contribution is -2.47. The molecule has 19 heavy (non-hydrogen) atoms. The van der Waals surface area contributed by atoms with Gasteiger partial charge in [-0.25, -0.2) is 9.18 Å². The molecule has 5 nitrogen and oxygen atoms in total. The van der Waals surface area contributed by atoms with E-state index in [0.29, 0.717) is 0 Å². The number of carbonyl (C=O) groups excluding carboxylic acids is 1. The highest BCUT2D eigenvalue weighted by Gasteiger charge is 2.23. The van der Waals surface area contributed by atoms with E-state index in [-0.39, 0.29) is 5.56 Å². The minimum atomic E-state index is -1.40. The summed E-state index contributed by atoms with van der Waals surface area (Å²) >= 11 is 0. The first-order chi connectivity index (χ1) is 8.91. The van der Waals surface area contributed by atoms with Crippen LogP contribution in [-0.2, 0) is 9.59 Å². The van der Waals surface area contributed by atoms with Gasteiger partial charge < -0.3 is 15.5 Å². The first kappa shape index (κ1) is 14.8. The Balaban J connectivity index is 2.70. The van der Waals surface area contributed by atoms with Crippen LogP contribution in [0.3, 0.4) is 0 Å². The summed E-state index contributed by atoms with van der Waals surface area (Å²) in [4.78, 5) is 22.2. The molecule has 0 spiro atoms. The molecule has 2 atom stereocenters. The van der Waals surface area contributed by atoms with Gasteiger partial charge in [0.2, 0.25) is 5.91 Å². The van der Waals surface area contributed by atoms with Crippen LogP contribution in [0.1, 0.15) is 12.5 Å². The summed E-state index contributed by atoms with van der Waals surface area (Å²) in [5.74, 6) is -2.56. The molecule has 1 amide bonds. The maximum atomic E-state index is 13.2. The summed E-state index contributed by atoms with van der Waals surface area (Å²) in [6.07, 6.45) is 1.01. The number of aliphatic hydroxyl groups excluding tert-OH is 1. The number of halogens is 1. The Morgan fingerprint density at radius 3 is 2.53 bits per heavy atom. The average Bonchev–Trinajstić information content (AvgIpc) is 2.34. The second-order valence-electron chi connectivity index (χ2n) is 3.92. The number of aliphatic hydroxyl groups is 1. The van der Waals surface area contributed by atoms with Crippen LogP contribution >= 0.6 is 0 Å². The molecular formula is C13H14FNO4. The third-order valence-corrected chi connectivity index (χ3v) is 2.37. The van der Waals surface area contributed by atoms with E-state index in [2.05, 4.69) is 5.32 Å². The Morgan fingerprint density at radius 2 is 2.00 bits per heavy atom. The van der Waals surface area contributed by atoms with E-state index in [1.165, 1.54) is 31.2 Å².